The van der Waals surface area contributed by atoms with Gasteiger partial charge in [-0.05, 0) is 6.92 Å². The van der Waals surface area contributed by atoms with Crippen LogP contribution in [0, 0.1) is 6.92 Å². The van der Waals surface area contributed by atoms with Crippen LogP contribution in [0.2, 0.25) is 0 Å². The highest BCUT2D eigenvalue weighted by Gasteiger charge is 2.36. The van der Waals surface area contributed by atoms with E-state index in [0.29, 0.717) is 5.82 Å². The van der Waals surface area contributed by atoms with Crippen LogP contribution in [-0.4, -0.2) is 19.8 Å². The molecule has 0 unspecified atom stereocenters. The van der Waals surface area contributed by atoms with Crippen molar-refractivity contribution in [2.75, 3.05) is 0 Å². The molecule has 0 amide bonds. The van der Waals surface area contributed by atoms with Crippen molar-refractivity contribution in [2.45, 2.75) is 13.1 Å². The second-order valence-electron chi connectivity index (χ2n) is 2.81. The molecule has 0 fully saturated rings. The maximum absolute atomic E-state index is 12.3. The highest BCUT2D eigenvalue weighted by Crippen LogP contribution is 2.25. The van der Waals surface area contributed by atoms with Crippen LogP contribution in [0.4, 0.5) is 13.2 Å². The minimum absolute atomic E-state index is 0.0508. The molecule has 14 heavy (non-hydrogen) atoms. The molecule has 0 atom stereocenters. The van der Waals surface area contributed by atoms with Crippen molar-refractivity contribution < 1.29 is 13.2 Å². The third-order valence-electron chi connectivity index (χ3n) is 1.82. The highest BCUT2D eigenvalue weighted by atomic mass is 19.4. The summed E-state index contributed by atoms with van der Waals surface area (Å²) >= 11 is 0. The molecule has 74 valence electrons. The molecule has 0 radical (unpaired) electrons. The summed E-state index contributed by atoms with van der Waals surface area (Å²) in [7, 11) is 0. The number of hydrogen-bond acceptors (Lipinski definition) is 3. The van der Waals surface area contributed by atoms with E-state index >= 15 is 0 Å². The van der Waals surface area contributed by atoms with Crippen molar-refractivity contribution in [3.05, 3.63) is 16.7 Å². The maximum Gasteiger partial charge on any atom is 0.435 e. The number of nitrogens with zero attached hydrogens (tertiary/aromatic N) is 4. The molecule has 0 aliphatic rings. The molecule has 4 nitrogen and oxygen atoms in total. The number of alkyl halides is 3. The summed E-state index contributed by atoms with van der Waals surface area (Å²) in [6.45, 7) is 4.80. The van der Waals surface area contributed by atoms with Gasteiger partial charge in [-0.15, -0.1) is 10.2 Å². The van der Waals surface area contributed by atoms with Crippen molar-refractivity contribution in [2.24, 2.45) is 0 Å². The minimum Gasteiger partial charge on any atom is -0.196 e. The topological polar surface area (TPSA) is 43.1 Å². The van der Waals surface area contributed by atoms with Gasteiger partial charge in [0.1, 0.15) is 0 Å². The number of hydrogen-bond donors (Lipinski definition) is 0. The van der Waals surface area contributed by atoms with Gasteiger partial charge in [-0.25, -0.2) is 0 Å². The molecule has 0 aromatic carbocycles. The van der Waals surface area contributed by atoms with Crippen LogP contribution in [0.5, 0.6) is 0 Å². The molecule has 0 saturated carbocycles. The monoisotopic (exact) mass is 202 g/mol. The van der Waals surface area contributed by atoms with Gasteiger partial charge >= 0.3 is 6.18 Å². The molecule has 2 rings (SSSR count). The van der Waals surface area contributed by atoms with Crippen LogP contribution < -0.4 is 5.22 Å². The quantitative estimate of drug-likeness (QED) is 0.627. The van der Waals surface area contributed by atoms with Gasteiger partial charge in [-0.3, -0.25) is 0 Å². The van der Waals surface area contributed by atoms with Crippen LogP contribution >= 0.6 is 0 Å². The van der Waals surface area contributed by atoms with Gasteiger partial charge in [-0.2, -0.15) is 22.8 Å². The zero-order valence-corrected chi connectivity index (χ0v) is 7.13. The number of fused-ring (bicyclic) bond motifs is 1. The Kier molecular flexibility index (Phi) is 1.55. The van der Waals surface area contributed by atoms with Crippen molar-refractivity contribution in [1.82, 2.24) is 19.8 Å². The third kappa shape index (κ3) is 1.05. The second-order valence-corrected chi connectivity index (χ2v) is 2.81. The zero-order chi connectivity index (χ0) is 10.5. The van der Waals surface area contributed by atoms with E-state index in [2.05, 4.69) is 21.9 Å². The fraction of sp³-hybridized carbons (Fsp3) is 0.286. The molecule has 7 heteroatoms. The molecule has 2 heterocycles. The first kappa shape index (κ1) is 8.92. The first-order valence-electron chi connectivity index (χ1n) is 3.69. The lowest BCUT2D eigenvalue weighted by Gasteiger charge is -1.99. The summed E-state index contributed by atoms with van der Waals surface area (Å²) in [6.07, 6.45) is -4.50. The van der Waals surface area contributed by atoms with Gasteiger partial charge in [0, 0.05) is 5.22 Å². The fourth-order valence-corrected chi connectivity index (χ4v) is 1.16. The van der Waals surface area contributed by atoms with E-state index in [4.69, 9.17) is 0 Å². The van der Waals surface area contributed by atoms with Gasteiger partial charge in [0.15, 0.2) is 17.2 Å². The van der Waals surface area contributed by atoms with Crippen LogP contribution in [0.25, 0.3) is 12.2 Å². The van der Waals surface area contributed by atoms with Crippen LogP contribution in [0.1, 0.15) is 11.5 Å². The SMILES string of the molecule is C=c1c(C(F)(F)F)nn2c(C)nnc12. The molecular formula is C7H5F3N4. The molecule has 0 spiro atoms. The van der Waals surface area contributed by atoms with Gasteiger partial charge < -0.3 is 0 Å². The Morgan fingerprint density at radius 2 is 1.93 bits per heavy atom. The lowest BCUT2D eigenvalue weighted by molar-refractivity contribution is -0.142. The van der Waals surface area contributed by atoms with E-state index in [1.54, 1.807) is 0 Å². The Morgan fingerprint density at radius 1 is 1.29 bits per heavy atom. The third-order valence-corrected chi connectivity index (χ3v) is 1.82. The summed E-state index contributed by atoms with van der Waals surface area (Å²) < 4.78 is 38.0. The molecule has 0 aliphatic heterocycles. The normalized spacial score (nSPS) is 12.6. The summed E-state index contributed by atoms with van der Waals surface area (Å²) in [5.41, 5.74) is -0.958. The Balaban J connectivity index is 2.82. The van der Waals surface area contributed by atoms with E-state index in [-0.39, 0.29) is 10.9 Å². The van der Waals surface area contributed by atoms with E-state index in [1.165, 1.54) is 6.92 Å². The number of aryl methyl sites for hydroxylation is 1. The largest absolute Gasteiger partial charge is 0.435 e. The first-order valence-corrected chi connectivity index (χ1v) is 3.69. The Hall–Kier alpha value is -1.66. The Labute approximate surface area is 76.0 Å². The molecule has 0 saturated heterocycles. The average Bonchev–Trinajstić information content (AvgIpc) is 2.54. The predicted molar refractivity (Wildman–Crippen MR) is 41.3 cm³/mol. The lowest BCUT2D eigenvalue weighted by Crippen LogP contribution is -2.16. The summed E-state index contributed by atoms with van der Waals surface area (Å²) in [6, 6.07) is 0. The summed E-state index contributed by atoms with van der Waals surface area (Å²) in [5.74, 6) is 0.306. The number of aromatic nitrogens is 4. The minimum atomic E-state index is -4.50. The van der Waals surface area contributed by atoms with Gasteiger partial charge in [0.2, 0.25) is 0 Å². The number of rotatable bonds is 0. The first-order chi connectivity index (χ1) is 6.41. The summed E-state index contributed by atoms with van der Waals surface area (Å²) in [4.78, 5) is 0. The van der Waals surface area contributed by atoms with Crippen LogP contribution in [0.3, 0.4) is 0 Å². The van der Waals surface area contributed by atoms with Crippen molar-refractivity contribution in [3.63, 3.8) is 0 Å². The van der Waals surface area contributed by atoms with E-state index in [0.717, 1.165) is 4.52 Å². The van der Waals surface area contributed by atoms with Crippen molar-refractivity contribution >= 4 is 12.2 Å². The predicted octanol–water partition coefficient (Wildman–Crippen LogP) is 0.581. The van der Waals surface area contributed by atoms with Gasteiger partial charge in [0.25, 0.3) is 0 Å². The van der Waals surface area contributed by atoms with E-state index in [1.807, 2.05) is 0 Å². The zero-order valence-electron chi connectivity index (χ0n) is 7.13. The Morgan fingerprint density at radius 3 is 2.43 bits per heavy atom. The molecule has 0 aliphatic carbocycles. The smallest absolute Gasteiger partial charge is 0.196 e. The highest BCUT2D eigenvalue weighted by molar-refractivity contribution is 5.43. The average molecular weight is 202 g/mol. The van der Waals surface area contributed by atoms with Crippen molar-refractivity contribution in [3.8, 4) is 0 Å². The molecule has 2 aromatic heterocycles. The standard InChI is InChI=1S/C7H5F3N4/c1-3-5(7(8,9)10)13-14-4(2)11-12-6(3)14/h1H2,2H3. The Bertz CT molecular complexity index is 527. The molecule has 0 bridgehead atoms. The van der Waals surface area contributed by atoms with Gasteiger partial charge in [-0.1, -0.05) is 6.58 Å². The van der Waals surface area contributed by atoms with E-state index in [9.17, 15) is 13.2 Å². The summed E-state index contributed by atoms with van der Waals surface area (Å²) in [5, 5.41) is 10.2. The second kappa shape index (κ2) is 2.43. The maximum atomic E-state index is 12.3. The van der Waals surface area contributed by atoms with Crippen LogP contribution in [0.15, 0.2) is 0 Å². The van der Waals surface area contributed by atoms with Gasteiger partial charge in [0.05, 0.1) is 0 Å². The molecular weight excluding hydrogens is 197 g/mol. The lowest BCUT2D eigenvalue weighted by atomic mass is 10.3. The number of halogens is 3. The van der Waals surface area contributed by atoms with Crippen molar-refractivity contribution in [1.29, 1.82) is 0 Å². The van der Waals surface area contributed by atoms with E-state index < -0.39 is 11.9 Å². The fourth-order valence-electron chi connectivity index (χ4n) is 1.16. The molecule has 0 N–H and O–H groups in total. The van der Waals surface area contributed by atoms with Crippen LogP contribution in [-0.2, 0) is 6.18 Å². The molecule has 2 aromatic rings.